The van der Waals surface area contributed by atoms with Gasteiger partial charge in [0.2, 0.25) is 11.7 Å². The van der Waals surface area contributed by atoms with Gasteiger partial charge in [-0.05, 0) is 24.3 Å². The Morgan fingerprint density at radius 2 is 1.59 bits per heavy atom. The van der Waals surface area contributed by atoms with Crippen molar-refractivity contribution in [3.63, 3.8) is 0 Å². The molecule has 3 aromatic carbocycles. The third-order valence-electron chi connectivity index (χ3n) is 4.35. The lowest BCUT2D eigenvalue weighted by atomic mass is 9.87. The second-order valence-corrected chi connectivity index (χ2v) is 6.02. The van der Waals surface area contributed by atoms with E-state index in [2.05, 4.69) is 5.32 Å². The average molecular weight is 364 g/mol. The molecule has 0 spiro atoms. The Hall–Kier alpha value is -3.74. The first kappa shape index (κ1) is 16.7. The van der Waals surface area contributed by atoms with Gasteiger partial charge in [0, 0.05) is 22.9 Å². The number of anilines is 1. The first-order valence-corrected chi connectivity index (χ1v) is 8.15. The van der Waals surface area contributed by atoms with E-state index in [1.165, 1.54) is 6.07 Å². The van der Waals surface area contributed by atoms with Crippen molar-refractivity contribution >= 4 is 17.3 Å². The minimum atomic E-state index is -0.959. The smallest absolute Gasteiger partial charge is 0.306 e. The molecule has 0 aliphatic carbocycles. The standard InChI is InChI=1S/C20H13FN2O4/c21-15-10-9-12(11-16(15)23(25)26)22-20(24)19-13-5-1-3-7-17(13)27-18-8-4-2-6-14(18)19/h1-11,19H,(H,22,24). The Morgan fingerprint density at radius 3 is 2.19 bits per heavy atom. The summed E-state index contributed by atoms with van der Waals surface area (Å²) in [6, 6.07) is 17.6. The molecule has 0 radical (unpaired) electrons. The summed E-state index contributed by atoms with van der Waals surface area (Å²) in [5.41, 5.74) is 0.825. The van der Waals surface area contributed by atoms with E-state index in [0.29, 0.717) is 22.6 Å². The van der Waals surface area contributed by atoms with Crippen LogP contribution in [0.5, 0.6) is 11.5 Å². The molecule has 1 N–H and O–H groups in total. The zero-order valence-corrected chi connectivity index (χ0v) is 13.9. The molecule has 1 aliphatic rings. The number of para-hydroxylation sites is 2. The van der Waals surface area contributed by atoms with Gasteiger partial charge in [-0.1, -0.05) is 36.4 Å². The molecule has 134 valence electrons. The van der Waals surface area contributed by atoms with Crippen LogP contribution in [0, 0.1) is 15.9 Å². The highest BCUT2D eigenvalue weighted by atomic mass is 19.1. The Kier molecular flexibility index (Phi) is 4.04. The minimum absolute atomic E-state index is 0.148. The van der Waals surface area contributed by atoms with E-state index in [0.717, 1.165) is 12.1 Å². The molecule has 1 aliphatic heterocycles. The number of carbonyl (C=O) groups is 1. The number of nitrogens with zero attached hydrogens (tertiary/aromatic N) is 1. The van der Waals surface area contributed by atoms with E-state index in [1.807, 2.05) is 12.1 Å². The van der Waals surface area contributed by atoms with E-state index in [4.69, 9.17) is 4.74 Å². The Balaban J connectivity index is 1.72. The number of halogens is 1. The van der Waals surface area contributed by atoms with Crippen molar-refractivity contribution in [1.29, 1.82) is 0 Å². The van der Waals surface area contributed by atoms with Crippen LogP contribution in [0.3, 0.4) is 0 Å². The van der Waals surface area contributed by atoms with Crippen LogP contribution < -0.4 is 10.1 Å². The van der Waals surface area contributed by atoms with Crippen LogP contribution in [-0.4, -0.2) is 10.8 Å². The molecule has 0 fully saturated rings. The Labute approximate surface area is 153 Å². The largest absolute Gasteiger partial charge is 0.457 e. The molecule has 1 heterocycles. The predicted molar refractivity (Wildman–Crippen MR) is 96.5 cm³/mol. The summed E-state index contributed by atoms with van der Waals surface area (Å²) in [5, 5.41) is 13.6. The van der Waals surface area contributed by atoms with Crippen LogP contribution in [-0.2, 0) is 4.79 Å². The zero-order chi connectivity index (χ0) is 19.0. The van der Waals surface area contributed by atoms with E-state index < -0.39 is 22.3 Å². The molecule has 0 bridgehead atoms. The van der Waals surface area contributed by atoms with Crippen molar-refractivity contribution < 1.29 is 18.8 Å². The van der Waals surface area contributed by atoms with Gasteiger partial charge in [0.05, 0.1) is 10.8 Å². The van der Waals surface area contributed by atoms with Crippen LogP contribution in [0.15, 0.2) is 66.7 Å². The van der Waals surface area contributed by atoms with Crippen molar-refractivity contribution in [2.75, 3.05) is 5.32 Å². The summed E-state index contributed by atoms with van der Waals surface area (Å²) in [4.78, 5) is 23.1. The number of carbonyl (C=O) groups excluding carboxylic acids is 1. The number of fused-ring (bicyclic) bond motifs is 2. The fourth-order valence-electron chi connectivity index (χ4n) is 3.14. The molecule has 7 heteroatoms. The zero-order valence-electron chi connectivity index (χ0n) is 13.9. The molecule has 27 heavy (non-hydrogen) atoms. The molecule has 4 rings (SSSR count). The second-order valence-electron chi connectivity index (χ2n) is 6.02. The number of amides is 1. The van der Waals surface area contributed by atoms with Gasteiger partial charge >= 0.3 is 5.69 Å². The first-order chi connectivity index (χ1) is 13.0. The van der Waals surface area contributed by atoms with Crippen LogP contribution in [0.25, 0.3) is 0 Å². The fourth-order valence-corrected chi connectivity index (χ4v) is 3.14. The normalized spacial score (nSPS) is 12.5. The quantitative estimate of drug-likeness (QED) is 0.543. The first-order valence-electron chi connectivity index (χ1n) is 8.15. The van der Waals surface area contributed by atoms with Gasteiger partial charge in [0.1, 0.15) is 11.5 Å². The SMILES string of the molecule is O=C(Nc1ccc(F)c([N+](=O)[O-])c1)C1c2ccccc2Oc2ccccc21. The van der Waals surface area contributed by atoms with Gasteiger partial charge in [0.15, 0.2) is 0 Å². The summed E-state index contributed by atoms with van der Waals surface area (Å²) < 4.78 is 19.4. The molecule has 0 unspecified atom stereocenters. The second kappa shape index (κ2) is 6.53. The summed E-state index contributed by atoms with van der Waals surface area (Å²) in [6.45, 7) is 0. The van der Waals surface area contributed by atoms with Gasteiger partial charge in [-0.15, -0.1) is 0 Å². The van der Waals surface area contributed by atoms with Gasteiger partial charge in [-0.25, -0.2) is 0 Å². The Morgan fingerprint density at radius 1 is 1.00 bits per heavy atom. The average Bonchev–Trinajstić information content (AvgIpc) is 2.67. The van der Waals surface area contributed by atoms with Crippen molar-refractivity contribution in [3.05, 3.63) is 93.8 Å². The maximum atomic E-state index is 13.5. The monoisotopic (exact) mass is 364 g/mol. The van der Waals surface area contributed by atoms with Gasteiger partial charge in [-0.2, -0.15) is 4.39 Å². The number of rotatable bonds is 3. The summed E-state index contributed by atoms with van der Waals surface area (Å²) in [5.74, 6) is -0.864. The van der Waals surface area contributed by atoms with E-state index in [-0.39, 0.29) is 11.6 Å². The number of benzene rings is 3. The van der Waals surface area contributed by atoms with Crippen molar-refractivity contribution in [1.82, 2.24) is 0 Å². The maximum absolute atomic E-state index is 13.5. The predicted octanol–water partition coefficient (Wildman–Crippen LogP) is 4.61. The number of nitro benzene ring substituents is 1. The van der Waals surface area contributed by atoms with Gasteiger partial charge in [-0.3, -0.25) is 14.9 Å². The van der Waals surface area contributed by atoms with Crippen LogP contribution in [0.1, 0.15) is 17.0 Å². The molecule has 0 aromatic heterocycles. The maximum Gasteiger partial charge on any atom is 0.306 e. The molecule has 0 atom stereocenters. The lowest BCUT2D eigenvalue weighted by molar-refractivity contribution is -0.387. The number of nitrogens with one attached hydrogen (secondary N) is 1. The van der Waals surface area contributed by atoms with Crippen LogP contribution in [0.4, 0.5) is 15.8 Å². The summed E-state index contributed by atoms with van der Waals surface area (Å²) >= 11 is 0. The van der Waals surface area contributed by atoms with E-state index >= 15 is 0 Å². The number of nitro groups is 1. The third kappa shape index (κ3) is 2.99. The molecular weight excluding hydrogens is 351 g/mol. The Bertz CT molecular complexity index is 1020. The van der Waals surface area contributed by atoms with Crippen LogP contribution >= 0.6 is 0 Å². The van der Waals surface area contributed by atoms with Crippen molar-refractivity contribution in [2.24, 2.45) is 0 Å². The molecule has 0 saturated carbocycles. The molecule has 0 saturated heterocycles. The van der Waals surface area contributed by atoms with Crippen molar-refractivity contribution in [3.8, 4) is 11.5 Å². The summed E-state index contributed by atoms with van der Waals surface area (Å²) in [7, 11) is 0. The topological polar surface area (TPSA) is 81.5 Å². The molecular formula is C20H13FN2O4. The third-order valence-corrected chi connectivity index (χ3v) is 4.35. The van der Waals surface area contributed by atoms with E-state index in [9.17, 15) is 19.3 Å². The summed E-state index contributed by atoms with van der Waals surface area (Å²) in [6.07, 6.45) is 0. The van der Waals surface area contributed by atoms with Crippen LogP contribution in [0.2, 0.25) is 0 Å². The molecule has 3 aromatic rings. The lowest BCUT2D eigenvalue weighted by Gasteiger charge is -2.27. The highest BCUT2D eigenvalue weighted by Crippen LogP contribution is 2.44. The highest BCUT2D eigenvalue weighted by molar-refractivity contribution is 5.99. The minimum Gasteiger partial charge on any atom is -0.457 e. The van der Waals surface area contributed by atoms with E-state index in [1.54, 1.807) is 36.4 Å². The molecule has 1 amide bonds. The highest BCUT2D eigenvalue weighted by Gasteiger charge is 2.32. The van der Waals surface area contributed by atoms with Gasteiger partial charge in [0.25, 0.3) is 0 Å². The number of ether oxygens (including phenoxy) is 1. The fraction of sp³-hybridized carbons (Fsp3) is 0.0500. The van der Waals surface area contributed by atoms with Gasteiger partial charge < -0.3 is 10.1 Å². The van der Waals surface area contributed by atoms with Crippen molar-refractivity contribution in [2.45, 2.75) is 5.92 Å². The number of hydrogen-bond acceptors (Lipinski definition) is 4. The lowest BCUT2D eigenvalue weighted by Crippen LogP contribution is -2.25. The number of hydrogen-bond donors (Lipinski definition) is 1. The molecule has 6 nitrogen and oxygen atoms in total.